The van der Waals surface area contributed by atoms with Gasteiger partial charge in [0, 0.05) is 30.9 Å². The highest BCUT2D eigenvalue weighted by molar-refractivity contribution is 7.80. The summed E-state index contributed by atoms with van der Waals surface area (Å²) in [6.45, 7) is 3.89. The van der Waals surface area contributed by atoms with E-state index in [1.165, 1.54) is 11.8 Å². The summed E-state index contributed by atoms with van der Waals surface area (Å²) in [5.41, 5.74) is 1.84. The molecule has 26 heavy (non-hydrogen) atoms. The van der Waals surface area contributed by atoms with Crippen LogP contribution in [0.2, 0.25) is 0 Å². The molecule has 2 amide bonds. The highest BCUT2D eigenvalue weighted by Gasteiger charge is 2.10. The molecule has 0 aromatic heterocycles. The summed E-state index contributed by atoms with van der Waals surface area (Å²) in [4.78, 5) is 25.3. The van der Waals surface area contributed by atoms with Crippen molar-refractivity contribution in [2.45, 2.75) is 13.8 Å². The first-order valence-corrected chi connectivity index (χ1v) is 8.51. The van der Waals surface area contributed by atoms with Gasteiger partial charge in [0.2, 0.25) is 5.91 Å². The van der Waals surface area contributed by atoms with Crippen molar-refractivity contribution < 1.29 is 14.3 Å². The van der Waals surface area contributed by atoms with Crippen LogP contribution in [0.15, 0.2) is 48.5 Å². The van der Waals surface area contributed by atoms with E-state index in [9.17, 15) is 9.59 Å². The Kier molecular flexibility index (Phi) is 6.68. The molecule has 0 bridgehead atoms. The molecule has 0 radical (unpaired) electrons. The number of carbonyl (C=O) groups excluding carboxylic acids is 2. The molecular formula is C19H21N3O3S. The van der Waals surface area contributed by atoms with Crippen LogP contribution in [0.1, 0.15) is 24.2 Å². The lowest BCUT2D eigenvalue weighted by molar-refractivity contribution is -0.116. The quantitative estimate of drug-likeness (QED) is 0.790. The van der Waals surface area contributed by atoms with Crippen LogP contribution < -0.4 is 20.3 Å². The topological polar surface area (TPSA) is 70.7 Å². The third-order valence-corrected chi connectivity index (χ3v) is 3.80. The standard InChI is InChI=1S/C19H21N3O3S/c1-4-25-17-10-5-7-14(11-17)18(24)21-19(26)20-15-8-6-9-16(12-15)22(3)13(2)23/h5-12H,4H2,1-3H3,(H2,20,21,24,26). The van der Waals surface area contributed by atoms with Gasteiger partial charge in [0.1, 0.15) is 5.75 Å². The number of hydrogen-bond acceptors (Lipinski definition) is 4. The van der Waals surface area contributed by atoms with E-state index in [0.29, 0.717) is 23.6 Å². The van der Waals surface area contributed by atoms with Crippen LogP contribution in [0.5, 0.6) is 5.75 Å². The number of amides is 2. The molecule has 0 heterocycles. The number of nitrogens with one attached hydrogen (secondary N) is 2. The Bertz CT molecular complexity index is 823. The second-order valence-electron chi connectivity index (χ2n) is 5.50. The lowest BCUT2D eigenvalue weighted by Crippen LogP contribution is -2.34. The molecule has 136 valence electrons. The Hall–Kier alpha value is -2.93. The van der Waals surface area contributed by atoms with E-state index >= 15 is 0 Å². The number of nitrogens with zero attached hydrogens (tertiary/aromatic N) is 1. The Morgan fingerprint density at radius 2 is 1.88 bits per heavy atom. The molecule has 7 heteroatoms. The predicted molar refractivity (Wildman–Crippen MR) is 107 cm³/mol. The third kappa shape index (κ3) is 5.29. The average Bonchev–Trinajstić information content (AvgIpc) is 2.61. The lowest BCUT2D eigenvalue weighted by Gasteiger charge is -2.16. The summed E-state index contributed by atoms with van der Waals surface area (Å²) in [7, 11) is 1.69. The monoisotopic (exact) mass is 371 g/mol. The SMILES string of the molecule is CCOc1cccc(C(=O)NC(=S)Nc2cccc(N(C)C(C)=O)c2)c1. The number of thiocarbonyl (C=S) groups is 1. The van der Waals surface area contributed by atoms with Gasteiger partial charge in [-0.25, -0.2) is 0 Å². The van der Waals surface area contributed by atoms with E-state index in [4.69, 9.17) is 17.0 Å². The molecule has 0 saturated carbocycles. The molecule has 2 aromatic carbocycles. The molecule has 0 unspecified atom stereocenters. The van der Waals surface area contributed by atoms with Crippen molar-refractivity contribution in [3.05, 3.63) is 54.1 Å². The van der Waals surface area contributed by atoms with Crippen molar-refractivity contribution in [3.63, 3.8) is 0 Å². The van der Waals surface area contributed by atoms with Crippen molar-refractivity contribution in [1.29, 1.82) is 0 Å². The fraction of sp³-hybridized carbons (Fsp3) is 0.211. The minimum absolute atomic E-state index is 0.0767. The van der Waals surface area contributed by atoms with Gasteiger partial charge in [0.05, 0.1) is 6.61 Å². The fourth-order valence-electron chi connectivity index (χ4n) is 2.21. The van der Waals surface area contributed by atoms with E-state index in [1.807, 2.05) is 13.0 Å². The van der Waals surface area contributed by atoms with E-state index in [0.717, 1.165) is 5.69 Å². The number of hydrogen-bond donors (Lipinski definition) is 2. The highest BCUT2D eigenvalue weighted by Crippen LogP contribution is 2.18. The molecule has 2 aromatic rings. The Morgan fingerprint density at radius 3 is 2.58 bits per heavy atom. The highest BCUT2D eigenvalue weighted by atomic mass is 32.1. The maximum Gasteiger partial charge on any atom is 0.257 e. The summed E-state index contributed by atoms with van der Waals surface area (Å²) in [6, 6.07) is 14.1. The van der Waals surface area contributed by atoms with Crippen LogP contribution in [0.25, 0.3) is 0 Å². The second-order valence-corrected chi connectivity index (χ2v) is 5.91. The molecular weight excluding hydrogens is 350 g/mol. The Labute approximate surface area is 158 Å². The fourth-order valence-corrected chi connectivity index (χ4v) is 2.42. The van der Waals surface area contributed by atoms with Crippen LogP contribution in [0.3, 0.4) is 0 Å². The number of benzene rings is 2. The number of ether oxygens (including phenoxy) is 1. The van der Waals surface area contributed by atoms with Gasteiger partial charge < -0.3 is 15.0 Å². The summed E-state index contributed by atoms with van der Waals surface area (Å²) in [5.74, 6) is 0.215. The van der Waals surface area contributed by atoms with Gasteiger partial charge in [-0.05, 0) is 55.5 Å². The van der Waals surface area contributed by atoms with Crippen LogP contribution in [0, 0.1) is 0 Å². The molecule has 0 fully saturated rings. The van der Waals surface area contributed by atoms with E-state index in [1.54, 1.807) is 49.5 Å². The van der Waals surface area contributed by atoms with Gasteiger partial charge in [0.15, 0.2) is 5.11 Å². The van der Waals surface area contributed by atoms with Crippen LogP contribution in [0.4, 0.5) is 11.4 Å². The van der Waals surface area contributed by atoms with Gasteiger partial charge in [-0.1, -0.05) is 12.1 Å². The molecule has 2 rings (SSSR count). The first-order valence-electron chi connectivity index (χ1n) is 8.10. The zero-order valence-electron chi connectivity index (χ0n) is 14.9. The van der Waals surface area contributed by atoms with Gasteiger partial charge >= 0.3 is 0 Å². The molecule has 0 spiro atoms. The van der Waals surface area contributed by atoms with Gasteiger partial charge in [-0.3, -0.25) is 14.9 Å². The summed E-state index contributed by atoms with van der Waals surface area (Å²) < 4.78 is 5.39. The first kappa shape index (κ1) is 19.4. The minimum atomic E-state index is -0.332. The maximum absolute atomic E-state index is 12.3. The normalized spacial score (nSPS) is 9.96. The van der Waals surface area contributed by atoms with E-state index in [2.05, 4.69) is 10.6 Å². The van der Waals surface area contributed by atoms with Crippen LogP contribution in [-0.4, -0.2) is 30.6 Å². The summed E-state index contributed by atoms with van der Waals surface area (Å²) >= 11 is 5.20. The van der Waals surface area contributed by atoms with Gasteiger partial charge in [-0.15, -0.1) is 0 Å². The second kappa shape index (κ2) is 8.96. The van der Waals surface area contributed by atoms with Crippen molar-refractivity contribution in [3.8, 4) is 5.75 Å². The molecule has 0 atom stereocenters. The smallest absolute Gasteiger partial charge is 0.257 e. The van der Waals surface area contributed by atoms with Crippen LogP contribution >= 0.6 is 12.2 Å². The Balaban J connectivity index is 2.02. The van der Waals surface area contributed by atoms with Crippen molar-refractivity contribution >= 4 is 40.5 Å². The maximum atomic E-state index is 12.3. The molecule has 6 nitrogen and oxygen atoms in total. The summed E-state index contributed by atoms with van der Waals surface area (Å²) in [6.07, 6.45) is 0. The lowest BCUT2D eigenvalue weighted by atomic mass is 10.2. The molecule has 0 aliphatic carbocycles. The number of carbonyl (C=O) groups is 2. The number of rotatable bonds is 5. The van der Waals surface area contributed by atoms with Crippen LogP contribution in [-0.2, 0) is 4.79 Å². The molecule has 0 aliphatic rings. The van der Waals surface area contributed by atoms with Crippen molar-refractivity contribution in [2.75, 3.05) is 23.9 Å². The zero-order valence-corrected chi connectivity index (χ0v) is 15.7. The molecule has 0 saturated heterocycles. The third-order valence-electron chi connectivity index (χ3n) is 3.60. The minimum Gasteiger partial charge on any atom is -0.494 e. The molecule has 0 aliphatic heterocycles. The Morgan fingerprint density at radius 1 is 1.15 bits per heavy atom. The van der Waals surface area contributed by atoms with Crippen molar-refractivity contribution in [1.82, 2.24) is 5.32 Å². The largest absolute Gasteiger partial charge is 0.494 e. The summed E-state index contributed by atoms with van der Waals surface area (Å²) in [5, 5.41) is 5.74. The van der Waals surface area contributed by atoms with Gasteiger partial charge in [-0.2, -0.15) is 0 Å². The number of anilines is 2. The zero-order chi connectivity index (χ0) is 19.1. The predicted octanol–water partition coefficient (Wildman–Crippen LogP) is 3.19. The van der Waals surface area contributed by atoms with Crippen molar-refractivity contribution in [2.24, 2.45) is 0 Å². The van der Waals surface area contributed by atoms with Gasteiger partial charge in [0.25, 0.3) is 5.91 Å². The average molecular weight is 371 g/mol. The van der Waals surface area contributed by atoms with E-state index in [-0.39, 0.29) is 16.9 Å². The first-order chi connectivity index (χ1) is 12.4. The van der Waals surface area contributed by atoms with E-state index < -0.39 is 0 Å². The molecule has 2 N–H and O–H groups in total.